The molecule has 0 aliphatic heterocycles. The van der Waals surface area contributed by atoms with E-state index in [2.05, 4.69) is 107 Å². The molecule has 5 aromatic rings. The van der Waals surface area contributed by atoms with Gasteiger partial charge in [0.1, 0.15) is 0 Å². The Morgan fingerprint density at radius 1 is 0.531 bits per heavy atom. The number of nitrogens with zero attached hydrogens (tertiary/aromatic N) is 3. The molecule has 3 nitrogen and oxygen atoms in total. The highest BCUT2D eigenvalue weighted by molar-refractivity contribution is 5.74. The molecular weight excluding hydrogens is 390 g/mol. The zero-order valence-corrected chi connectivity index (χ0v) is 18.2. The lowest BCUT2D eigenvalue weighted by Gasteiger charge is -2.12. The molecule has 5 rings (SSSR count). The largest absolute Gasteiger partial charge is 0.264 e. The molecule has 0 bridgehead atoms. The van der Waals surface area contributed by atoms with E-state index in [4.69, 9.17) is 0 Å². The van der Waals surface area contributed by atoms with Crippen molar-refractivity contribution in [1.82, 2.24) is 9.97 Å². The monoisotopic (exact) mass is 414 g/mol. The second kappa shape index (κ2) is 8.56. The minimum absolute atomic E-state index is 1.07. The van der Waals surface area contributed by atoms with Crippen LogP contribution in [-0.2, 0) is 0 Å². The quantitative estimate of drug-likeness (QED) is 0.320. The molecule has 0 aliphatic rings. The second-order valence-corrected chi connectivity index (χ2v) is 8.03. The highest BCUT2D eigenvalue weighted by atomic mass is 15.0. The molecule has 0 radical (unpaired) electrons. The van der Waals surface area contributed by atoms with Crippen LogP contribution in [0.25, 0.3) is 39.3 Å². The van der Waals surface area contributed by atoms with E-state index < -0.39 is 0 Å². The Balaban J connectivity index is 1.86. The van der Waals surface area contributed by atoms with Crippen molar-refractivity contribution in [2.24, 2.45) is 0 Å². The zero-order valence-electron chi connectivity index (χ0n) is 18.2. The van der Waals surface area contributed by atoms with E-state index in [-0.39, 0.29) is 0 Å². The molecule has 2 aromatic carbocycles. The molecule has 0 N–H and O–H groups in total. The molecule has 3 heterocycles. The van der Waals surface area contributed by atoms with Gasteiger partial charge in [0, 0.05) is 65.7 Å². The fraction of sp³-hybridized carbons (Fsp3) is 0.0690. The minimum atomic E-state index is 1.07. The van der Waals surface area contributed by atoms with Crippen molar-refractivity contribution >= 4 is 0 Å². The molecule has 3 heteroatoms. The SMILES string of the molecule is Cc1ccc(-c2cc(-c3cccnc3)cc(-c3ccc(C)cc3)[n+]2-c2ccncc2)cc1. The smallest absolute Gasteiger partial charge is 0.219 e. The van der Waals surface area contributed by atoms with Crippen molar-refractivity contribution in [3.05, 3.63) is 121 Å². The summed E-state index contributed by atoms with van der Waals surface area (Å²) in [5.41, 5.74) is 10.3. The van der Waals surface area contributed by atoms with Crippen LogP contribution in [0.1, 0.15) is 11.1 Å². The maximum atomic E-state index is 4.35. The first-order valence-corrected chi connectivity index (χ1v) is 10.7. The Bertz CT molecular complexity index is 1280. The van der Waals surface area contributed by atoms with Gasteiger partial charge in [0.15, 0.2) is 0 Å². The summed E-state index contributed by atoms with van der Waals surface area (Å²) in [6, 6.07) is 30.1. The molecule has 0 saturated carbocycles. The molecule has 0 aliphatic carbocycles. The number of pyridine rings is 3. The predicted molar refractivity (Wildman–Crippen MR) is 129 cm³/mol. The van der Waals surface area contributed by atoms with Crippen LogP contribution in [0.3, 0.4) is 0 Å². The van der Waals surface area contributed by atoms with Gasteiger partial charge in [-0.15, -0.1) is 0 Å². The fourth-order valence-corrected chi connectivity index (χ4v) is 3.94. The summed E-state index contributed by atoms with van der Waals surface area (Å²) in [4.78, 5) is 8.60. The zero-order chi connectivity index (χ0) is 21.9. The van der Waals surface area contributed by atoms with Gasteiger partial charge in [0.25, 0.3) is 0 Å². The molecule has 0 amide bonds. The molecule has 0 fully saturated rings. The average Bonchev–Trinajstić information content (AvgIpc) is 2.85. The van der Waals surface area contributed by atoms with Crippen molar-refractivity contribution in [3.63, 3.8) is 0 Å². The van der Waals surface area contributed by atoms with Crippen molar-refractivity contribution in [1.29, 1.82) is 0 Å². The Labute approximate surface area is 188 Å². The first kappa shape index (κ1) is 19.8. The predicted octanol–water partition coefficient (Wildman–Crippen LogP) is 6.37. The van der Waals surface area contributed by atoms with Crippen LogP contribution in [-0.4, -0.2) is 9.97 Å². The van der Waals surface area contributed by atoms with Crippen LogP contribution < -0.4 is 4.57 Å². The number of hydrogen-bond donors (Lipinski definition) is 0. The maximum absolute atomic E-state index is 4.35. The van der Waals surface area contributed by atoms with Crippen molar-refractivity contribution in [2.75, 3.05) is 0 Å². The molecular formula is C29H24N3+. The van der Waals surface area contributed by atoms with E-state index in [1.54, 1.807) is 0 Å². The fourth-order valence-electron chi connectivity index (χ4n) is 3.94. The van der Waals surface area contributed by atoms with Gasteiger partial charge >= 0.3 is 0 Å². The summed E-state index contributed by atoms with van der Waals surface area (Å²) >= 11 is 0. The summed E-state index contributed by atoms with van der Waals surface area (Å²) in [6.07, 6.45) is 7.42. The Kier molecular flexibility index (Phi) is 5.30. The Hall–Kier alpha value is -4.11. The third-order valence-electron chi connectivity index (χ3n) is 5.68. The van der Waals surface area contributed by atoms with Gasteiger partial charge in [-0.05, 0) is 49.7 Å². The number of aryl methyl sites for hydroxylation is 2. The van der Waals surface area contributed by atoms with Gasteiger partial charge in [-0.25, -0.2) is 0 Å². The Morgan fingerprint density at radius 2 is 1.09 bits per heavy atom. The third-order valence-corrected chi connectivity index (χ3v) is 5.68. The first-order valence-electron chi connectivity index (χ1n) is 10.7. The van der Waals surface area contributed by atoms with Crippen molar-refractivity contribution in [2.45, 2.75) is 13.8 Å². The summed E-state index contributed by atoms with van der Waals surface area (Å²) in [6.45, 7) is 4.23. The topological polar surface area (TPSA) is 29.7 Å². The molecule has 0 unspecified atom stereocenters. The van der Waals surface area contributed by atoms with Gasteiger partial charge < -0.3 is 0 Å². The molecule has 0 spiro atoms. The summed E-state index contributed by atoms with van der Waals surface area (Å²) in [5, 5.41) is 0. The normalized spacial score (nSPS) is 10.8. The second-order valence-electron chi connectivity index (χ2n) is 8.03. The van der Waals surface area contributed by atoms with E-state index in [1.165, 1.54) is 11.1 Å². The van der Waals surface area contributed by atoms with Crippen molar-refractivity contribution < 1.29 is 4.57 Å². The molecule has 0 saturated heterocycles. The lowest BCUT2D eigenvalue weighted by molar-refractivity contribution is -0.572. The number of rotatable bonds is 4. The number of aromatic nitrogens is 3. The maximum Gasteiger partial charge on any atom is 0.219 e. The highest BCUT2D eigenvalue weighted by Crippen LogP contribution is 2.30. The minimum Gasteiger partial charge on any atom is -0.264 e. The Morgan fingerprint density at radius 3 is 1.59 bits per heavy atom. The highest BCUT2D eigenvalue weighted by Gasteiger charge is 2.24. The average molecular weight is 415 g/mol. The number of benzene rings is 2. The van der Waals surface area contributed by atoms with Crippen LogP contribution >= 0.6 is 0 Å². The molecule has 32 heavy (non-hydrogen) atoms. The third kappa shape index (κ3) is 3.93. The van der Waals surface area contributed by atoms with Gasteiger partial charge in [0.2, 0.25) is 17.1 Å². The lowest BCUT2D eigenvalue weighted by Crippen LogP contribution is -2.36. The van der Waals surface area contributed by atoms with Gasteiger partial charge in [-0.1, -0.05) is 41.5 Å². The molecule has 3 aromatic heterocycles. The van der Waals surface area contributed by atoms with Crippen LogP contribution in [0.5, 0.6) is 0 Å². The molecule has 0 atom stereocenters. The van der Waals surface area contributed by atoms with Crippen LogP contribution in [0, 0.1) is 13.8 Å². The van der Waals surface area contributed by atoms with Crippen LogP contribution in [0.4, 0.5) is 0 Å². The van der Waals surface area contributed by atoms with E-state index in [9.17, 15) is 0 Å². The molecule has 154 valence electrons. The van der Waals surface area contributed by atoms with E-state index in [0.29, 0.717) is 0 Å². The van der Waals surface area contributed by atoms with Gasteiger partial charge in [0.05, 0.1) is 0 Å². The standard InChI is InChI=1S/C29H24N3/c1-21-5-9-23(10-6-21)28-18-26(25-4-3-15-31-20-25)19-29(24-11-7-22(2)8-12-24)32(28)27-13-16-30-17-14-27/h3-20H,1-2H3/q+1. The van der Waals surface area contributed by atoms with E-state index >= 15 is 0 Å². The van der Waals surface area contributed by atoms with Crippen LogP contribution in [0.15, 0.2) is 110 Å². The van der Waals surface area contributed by atoms with E-state index in [1.807, 2.05) is 30.9 Å². The first-order chi connectivity index (χ1) is 15.7. The van der Waals surface area contributed by atoms with Gasteiger partial charge in [-0.3, -0.25) is 9.97 Å². The number of hydrogen-bond acceptors (Lipinski definition) is 2. The van der Waals surface area contributed by atoms with E-state index in [0.717, 1.165) is 39.3 Å². The van der Waals surface area contributed by atoms with Gasteiger partial charge in [-0.2, -0.15) is 4.57 Å². The summed E-state index contributed by atoms with van der Waals surface area (Å²) in [7, 11) is 0. The van der Waals surface area contributed by atoms with Crippen molar-refractivity contribution in [3.8, 4) is 39.3 Å². The summed E-state index contributed by atoms with van der Waals surface area (Å²) in [5.74, 6) is 0. The van der Waals surface area contributed by atoms with Crippen LogP contribution in [0.2, 0.25) is 0 Å². The lowest BCUT2D eigenvalue weighted by atomic mass is 9.98. The summed E-state index contributed by atoms with van der Waals surface area (Å²) < 4.78 is 2.32.